The molecule has 0 saturated heterocycles. The van der Waals surface area contributed by atoms with Crippen LogP contribution in [0.25, 0.3) is 0 Å². The van der Waals surface area contributed by atoms with Crippen molar-refractivity contribution in [2.45, 2.75) is 57.4 Å². The summed E-state index contributed by atoms with van der Waals surface area (Å²) in [5.41, 5.74) is 3.32. The number of carbonyl (C=O) groups is 1. The number of carbonyl (C=O) groups excluding carboxylic acids is 1. The van der Waals surface area contributed by atoms with Gasteiger partial charge in [0.25, 0.3) is 15.9 Å². The Morgan fingerprint density at radius 3 is 2.71 bits per heavy atom. The van der Waals surface area contributed by atoms with Crippen LogP contribution in [0.2, 0.25) is 0 Å². The molecule has 10 heteroatoms. The van der Waals surface area contributed by atoms with Crippen LogP contribution in [0.4, 0.5) is 11.4 Å². The number of aryl methyl sites for hydroxylation is 3. The highest BCUT2D eigenvalue weighted by atomic mass is 32.2. The van der Waals surface area contributed by atoms with Gasteiger partial charge in [0.1, 0.15) is 5.75 Å². The molecular weight excluding hydrogens is 456 g/mol. The van der Waals surface area contributed by atoms with E-state index < -0.39 is 10.0 Å². The number of benzene rings is 2. The molecule has 34 heavy (non-hydrogen) atoms. The summed E-state index contributed by atoms with van der Waals surface area (Å²) < 4.78 is 40.4. The Hall–Kier alpha value is -3.40. The normalized spacial score (nSPS) is 15.7. The smallest absolute Gasteiger partial charge is 0.265 e. The molecule has 0 radical (unpaired) electrons. The van der Waals surface area contributed by atoms with Crippen molar-refractivity contribution in [1.29, 1.82) is 0 Å². The fourth-order valence-electron chi connectivity index (χ4n) is 4.12. The molecule has 5 rings (SSSR count). The van der Waals surface area contributed by atoms with Crippen molar-refractivity contribution in [3.05, 3.63) is 58.7 Å². The van der Waals surface area contributed by atoms with Crippen LogP contribution in [-0.2, 0) is 27.8 Å². The number of nitrogens with one attached hydrogen (secondary N) is 1. The Morgan fingerprint density at radius 1 is 1.18 bits per heavy atom. The van der Waals surface area contributed by atoms with Gasteiger partial charge in [-0.3, -0.25) is 14.4 Å². The number of fused-ring (bicyclic) bond motifs is 1. The summed E-state index contributed by atoms with van der Waals surface area (Å²) in [7, 11) is -3.89. The lowest BCUT2D eigenvalue weighted by Gasteiger charge is -2.29. The predicted octanol–water partition coefficient (Wildman–Crippen LogP) is 3.85. The zero-order valence-corrected chi connectivity index (χ0v) is 20.1. The van der Waals surface area contributed by atoms with Gasteiger partial charge in [-0.2, -0.15) is 4.98 Å². The van der Waals surface area contributed by atoms with Gasteiger partial charge in [0.15, 0.2) is 12.4 Å². The van der Waals surface area contributed by atoms with E-state index in [0.29, 0.717) is 46.7 Å². The monoisotopic (exact) mass is 482 g/mol. The Kier molecular flexibility index (Phi) is 5.55. The van der Waals surface area contributed by atoms with Crippen LogP contribution in [0.15, 0.2) is 39.8 Å². The molecule has 1 amide bonds. The lowest BCUT2D eigenvalue weighted by atomic mass is 10.1. The van der Waals surface area contributed by atoms with Gasteiger partial charge >= 0.3 is 0 Å². The molecule has 2 aliphatic rings. The van der Waals surface area contributed by atoms with Crippen LogP contribution in [0.3, 0.4) is 0 Å². The highest BCUT2D eigenvalue weighted by Gasteiger charge is 2.33. The summed E-state index contributed by atoms with van der Waals surface area (Å²) in [5.74, 6) is 1.38. The van der Waals surface area contributed by atoms with E-state index in [9.17, 15) is 13.2 Å². The molecule has 9 nitrogen and oxygen atoms in total. The Balaban J connectivity index is 1.47. The van der Waals surface area contributed by atoms with Gasteiger partial charge in [0.2, 0.25) is 5.89 Å². The maximum atomic E-state index is 13.4. The first-order valence-corrected chi connectivity index (χ1v) is 12.8. The van der Waals surface area contributed by atoms with Crippen molar-refractivity contribution in [2.75, 3.05) is 16.2 Å². The molecule has 2 heterocycles. The molecule has 178 valence electrons. The average molecular weight is 483 g/mol. The number of hydrogen-bond donors (Lipinski definition) is 1. The molecule has 1 fully saturated rings. The van der Waals surface area contributed by atoms with Gasteiger partial charge in [0, 0.05) is 12.0 Å². The summed E-state index contributed by atoms with van der Waals surface area (Å²) in [4.78, 5) is 18.7. The lowest BCUT2D eigenvalue weighted by molar-refractivity contribution is -0.121. The van der Waals surface area contributed by atoms with Crippen LogP contribution < -0.4 is 14.4 Å². The Morgan fingerprint density at radius 2 is 1.97 bits per heavy atom. The summed E-state index contributed by atoms with van der Waals surface area (Å²) in [6, 6.07) is 8.82. The second-order valence-electron chi connectivity index (χ2n) is 8.75. The van der Waals surface area contributed by atoms with Crippen molar-refractivity contribution >= 4 is 27.3 Å². The second-order valence-corrected chi connectivity index (χ2v) is 10.4. The molecule has 1 aliphatic carbocycles. The van der Waals surface area contributed by atoms with E-state index in [1.807, 2.05) is 32.0 Å². The fraction of sp³-hybridized carbons (Fsp3) is 0.375. The Bertz CT molecular complexity index is 1380. The SMILES string of the molecule is CCc1cccc(C)c1NS(=O)(=O)c1cc2c(cc1C)N(Cc1noc(C3CC3)n1)C(=O)CO2. The maximum Gasteiger partial charge on any atom is 0.265 e. The number of aromatic nitrogens is 2. The minimum absolute atomic E-state index is 0.0986. The summed E-state index contributed by atoms with van der Waals surface area (Å²) in [5, 5.41) is 4.00. The minimum Gasteiger partial charge on any atom is -0.482 e. The first-order chi connectivity index (χ1) is 16.3. The van der Waals surface area contributed by atoms with Crippen LogP contribution in [0, 0.1) is 13.8 Å². The summed E-state index contributed by atoms with van der Waals surface area (Å²) >= 11 is 0. The predicted molar refractivity (Wildman–Crippen MR) is 126 cm³/mol. The van der Waals surface area contributed by atoms with E-state index >= 15 is 0 Å². The van der Waals surface area contributed by atoms with Gasteiger partial charge in [-0.1, -0.05) is 30.3 Å². The number of amides is 1. The van der Waals surface area contributed by atoms with E-state index in [2.05, 4.69) is 14.9 Å². The van der Waals surface area contributed by atoms with Crippen molar-refractivity contribution in [1.82, 2.24) is 10.1 Å². The molecule has 1 aromatic heterocycles. The van der Waals surface area contributed by atoms with Crippen molar-refractivity contribution in [2.24, 2.45) is 0 Å². The fourth-order valence-corrected chi connectivity index (χ4v) is 5.54. The topological polar surface area (TPSA) is 115 Å². The second kappa shape index (κ2) is 8.43. The number of rotatable bonds is 7. The number of anilines is 2. The van der Waals surface area contributed by atoms with Gasteiger partial charge in [-0.25, -0.2) is 8.42 Å². The molecule has 0 unspecified atom stereocenters. The molecule has 0 atom stereocenters. The van der Waals surface area contributed by atoms with Gasteiger partial charge < -0.3 is 9.26 Å². The molecule has 1 N–H and O–H groups in total. The number of hydrogen-bond acceptors (Lipinski definition) is 7. The molecule has 1 saturated carbocycles. The molecule has 1 aliphatic heterocycles. The van der Waals surface area contributed by atoms with Crippen molar-refractivity contribution < 1.29 is 22.5 Å². The zero-order valence-electron chi connectivity index (χ0n) is 19.3. The molecule has 2 aromatic carbocycles. The highest BCUT2D eigenvalue weighted by Crippen LogP contribution is 2.40. The largest absolute Gasteiger partial charge is 0.482 e. The van der Waals surface area contributed by atoms with Crippen LogP contribution in [-0.4, -0.2) is 31.1 Å². The highest BCUT2D eigenvalue weighted by molar-refractivity contribution is 7.92. The molecular formula is C24H26N4O5S. The van der Waals surface area contributed by atoms with Crippen molar-refractivity contribution in [3.8, 4) is 5.75 Å². The molecule has 0 bridgehead atoms. The van der Waals surface area contributed by atoms with Gasteiger partial charge in [0.05, 0.1) is 22.8 Å². The quantitative estimate of drug-likeness (QED) is 0.544. The first kappa shape index (κ1) is 22.4. The first-order valence-electron chi connectivity index (χ1n) is 11.3. The third-order valence-electron chi connectivity index (χ3n) is 6.18. The van der Waals surface area contributed by atoms with E-state index in [1.165, 1.54) is 11.0 Å². The maximum absolute atomic E-state index is 13.4. The van der Waals surface area contributed by atoms with Crippen LogP contribution in [0.1, 0.15) is 54.1 Å². The third-order valence-corrected chi connectivity index (χ3v) is 7.67. The van der Waals surface area contributed by atoms with Crippen LogP contribution >= 0.6 is 0 Å². The standard InChI is InChI=1S/C24H26N4O5S/c1-4-16-7-5-6-14(2)23(16)27-34(30,31)20-11-19-18(10-15(20)3)28(22(29)13-32-19)12-21-25-24(33-26-21)17-8-9-17/h5-7,10-11,17,27H,4,8-9,12-13H2,1-3H3. The summed E-state index contributed by atoms with van der Waals surface area (Å²) in [6.07, 6.45) is 2.77. The van der Waals surface area contributed by atoms with E-state index in [1.54, 1.807) is 13.0 Å². The van der Waals surface area contributed by atoms with Gasteiger partial charge in [-0.05, 0) is 55.9 Å². The van der Waals surface area contributed by atoms with E-state index in [-0.39, 0.29) is 24.0 Å². The third kappa shape index (κ3) is 4.13. The average Bonchev–Trinajstić information content (AvgIpc) is 3.55. The number of para-hydroxylation sites is 1. The number of nitrogens with zero attached hydrogens (tertiary/aromatic N) is 3. The van der Waals surface area contributed by atoms with E-state index in [4.69, 9.17) is 9.26 Å². The van der Waals surface area contributed by atoms with Crippen LogP contribution in [0.5, 0.6) is 5.75 Å². The minimum atomic E-state index is -3.89. The van der Waals surface area contributed by atoms with Crippen molar-refractivity contribution in [3.63, 3.8) is 0 Å². The number of ether oxygens (including phenoxy) is 1. The zero-order chi connectivity index (χ0) is 24.0. The van der Waals surface area contributed by atoms with Gasteiger partial charge in [-0.15, -0.1) is 0 Å². The molecule has 0 spiro atoms. The lowest BCUT2D eigenvalue weighted by Crippen LogP contribution is -2.38. The number of sulfonamides is 1. The summed E-state index contributed by atoms with van der Waals surface area (Å²) in [6.45, 7) is 5.47. The Labute approximate surface area is 198 Å². The van der Waals surface area contributed by atoms with E-state index in [0.717, 1.165) is 24.0 Å². The molecule has 3 aromatic rings.